The number of nitrogens with two attached hydrogens (primary N) is 1. The largest absolute Gasteiger partial charge is 0.368 e. The second kappa shape index (κ2) is 6.12. The van der Waals surface area contributed by atoms with Crippen LogP contribution in [0.3, 0.4) is 0 Å². The molecule has 4 N–H and O–H groups in total. The molecule has 98 valence electrons. The predicted molar refractivity (Wildman–Crippen MR) is 73.3 cm³/mol. The molecule has 0 aliphatic heterocycles. The minimum atomic E-state index is -0.759. The highest BCUT2D eigenvalue weighted by Crippen LogP contribution is 2.11. The van der Waals surface area contributed by atoms with Gasteiger partial charge in [-0.1, -0.05) is 36.4 Å². The zero-order valence-electron chi connectivity index (χ0n) is 10.00. The molecular formula is C13H13N3O2S. The zero-order chi connectivity index (χ0) is 13.7. The average Bonchev–Trinajstić information content (AvgIpc) is 2.93. The van der Waals surface area contributed by atoms with E-state index in [1.807, 2.05) is 6.07 Å². The lowest BCUT2D eigenvalue weighted by Gasteiger charge is -2.16. The Balaban J connectivity index is 2.03. The van der Waals surface area contributed by atoms with Crippen molar-refractivity contribution >= 4 is 23.2 Å². The summed E-state index contributed by atoms with van der Waals surface area (Å²) in [5.74, 6) is -0.852. The topological polar surface area (TPSA) is 84.2 Å². The molecule has 0 unspecified atom stereocenters. The predicted octanol–water partition coefficient (Wildman–Crippen LogP) is 1.21. The lowest BCUT2D eigenvalue weighted by Crippen LogP contribution is -2.44. The summed E-state index contributed by atoms with van der Waals surface area (Å²) < 4.78 is 0. The van der Waals surface area contributed by atoms with Crippen LogP contribution in [-0.2, 0) is 4.79 Å². The lowest BCUT2D eigenvalue weighted by atomic mass is 10.1. The third kappa shape index (κ3) is 3.40. The fourth-order valence-corrected chi connectivity index (χ4v) is 2.19. The van der Waals surface area contributed by atoms with E-state index in [4.69, 9.17) is 5.73 Å². The van der Waals surface area contributed by atoms with E-state index in [-0.39, 0.29) is 5.91 Å². The summed E-state index contributed by atoms with van der Waals surface area (Å²) >= 11 is 1.32. The molecule has 2 amide bonds. The minimum absolute atomic E-state index is 0.294. The smallest absolute Gasteiger partial charge is 0.275 e. The number of benzene rings is 1. The van der Waals surface area contributed by atoms with Crippen molar-refractivity contribution in [3.8, 4) is 0 Å². The molecule has 0 aliphatic carbocycles. The van der Waals surface area contributed by atoms with Crippen LogP contribution in [-0.4, -0.2) is 11.8 Å². The zero-order valence-corrected chi connectivity index (χ0v) is 10.8. The maximum Gasteiger partial charge on any atom is 0.275 e. The third-order valence-electron chi connectivity index (χ3n) is 2.49. The minimum Gasteiger partial charge on any atom is -0.368 e. The first-order chi connectivity index (χ1) is 9.18. The average molecular weight is 275 g/mol. The van der Waals surface area contributed by atoms with Crippen LogP contribution in [0, 0.1) is 0 Å². The second-order valence-electron chi connectivity index (χ2n) is 3.82. The summed E-state index contributed by atoms with van der Waals surface area (Å²) in [4.78, 5) is 23.7. The molecule has 0 radical (unpaired) electrons. The van der Waals surface area contributed by atoms with E-state index < -0.39 is 11.9 Å². The van der Waals surface area contributed by atoms with Gasteiger partial charge in [0.1, 0.15) is 6.04 Å². The third-order valence-corrected chi connectivity index (χ3v) is 3.36. The summed E-state index contributed by atoms with van der Waals surface area (Å²) in [6.45, 7) is 0. The molecule has 2 aromatic rings. The van der Waals surface area contributed by atoms with Gasteiger partial charge in [-0.25, -0.2) is 5.43 Å². The number of nitrogens with one attached hydrogen (secondary N) is 2. The number of hydrogen-bond donors (Lipinski definition) is 3. The van der Waals surface area contributed by atoms with Crippen LogP contribution in [0.1, 0.15) is 21.3 Å². The Morgan fingerprint density at radius 2 is 1.84 bits per heavy atom. The summed E-state index contributed by atoms with van der Waals surface area (Å²) in [5.41, 5.74) is 11.2. The van der Waals surface area contributed by atoms with E-state index in [2.05, 4.69) is 10.9 Å². The van der Waals surface area contributed by atoms with Crippen molar-refractivity contribution in [1.29, 1.82) is 0 Å². The highest BCUT2D eigenvalue weighted by atomic mass is 32.1. The van der Waals surface area contributed by atoms with Gasteiger partial charge in [0, 0.05) is 0 Å². The molecule has 0 saturated heterocycles. The maximum absolute atomic E-state index is 11.7. The molecule has 0 aliphatic rings. The van der Waals surface area contributed by atoms with Gasteiger partial charge in [0.15, 0.2) is 0 Å². The van der Waals surface area contributed by atoms with Crippen LogP contribution >= 0.6 is 11.3 Å². The van der Waals surface area contributed by atoms with Crippen molar-refractivity contribution in [2.24, 2.45) is 5.73 Å². The molecule has 0 fully saturated rings. The summed E-state index contributed by atoms with van der Waals surface area (Å²) in [5, 5.41) is 1.80. The maximum atomic E-state index is 11.7. The number of carbonyl (C=O) groups excluding carboxylic acids is 2. The first-order valence-electron chi connectivity index (χ1n) is 5.62. The van der Waals surface area contributed by atoms with Gasteiger partial charge in [0.2, 0.25) is 5.91 Å². The molecular weight excluding hydrogens is 262 g/mol. The van der Waals surface area contributed by atoms with Crippen LogP contribution in [0.15, 0.2) is 47.8 Å². The van der Waals surface area contributed by atoms with E-state index in [0.717, 1.165) is 0 Å². The molecule has 2 rings (SSSR count). The Kier molecular flexibility index (Phi) is 4.27. The number of hydrogen-bond acceptors (Lipinski definition) is 4. The van der Waals surface area contributed by atoms with E-state index in [9.17, 15) is 9.59 Å². The van der Waals surface area contributed by atoms with Gasteiger partial charge in [-0.05, 0) is 17.0 Å². The van der Waals surface area contributed by atoms with E-state index >= 15 is 0 Å². The second-order valence-corrected chi connectivity index (χ2v) is 4.77. The Hall–Kier alpha value is -2.18. The molecule has 5 nitrogen and oxygen atoms in total. The van der Waals surface area contributed by atoms with Crippen LogP contribution < -0.4 is 16.6 Å². The van der Waals surface area contributed by atoms with E-state index in [1.165, 1.54) is 11.3 Å². The fraction of sp³-hybridized carbons (Fsp3) is 0.0769. The number of primary amides is 1. The molecule has 0 spiro atoms. The number of thiophene rings is 1. The summed E-state index contributed by atoms with van der Waals surface area (Å²) in [6, 6.07) is 11.7. The first-order valence-corrected chi connectivity index (χ1v) is 6.50. The van der Waals surface area contributed by atoms with Crippen LogP contribution in [0.25, 0.3) is 0 Å². The molecule has 0 saturated carbocycles. The van der Waals surface area contributed by atoms with Crippen molar-refractivity contribution < 1.29 is 9.59 Å². The number of hydrazine groups is 1. The van der Waals surface area contributed by atoms with Crippen molar-refractivity contribution in [2.75, 3.05) is 0 Å². The Labute approximate surface area is 114 Å². The van der Waals surface area contributed by atoms with Crippen molar-refractivity contribution in [2.45, 2.75) is 6.04 Å². The van der Waals surface area contributed by atoms with Crippen LogP contribution in [0.2, 0.25) is 0 Å². The fourth-order valence-electron chi connectivity index (χ4n) is 1.57. The van der Waals surface area contributed by atoms with Gasteiger partial charge in [0.25, 0.3) is 5.91 Å². The van der Waals surface area contributed by atoms with Crippen molar-refractivity contribution in [3.63, 3.8) is 0 Å². The molecule has 1 aromatic carbocycles. The first kappa shape index (κ1) is 13.3. The molecule has 1 aromatic heterocycles. The standard InChI is InChI=1S/C13H13N3O2S/c14-12(17)11(9-5-2-1-3-6-9)15-16-13(18)10-7-4-8-19-10/h1-8,11,15H,(H2,14,17)(H,16,18)/t11-/m1/s1. The van der Waals surface area contributed by atoms with E-state index in [1.54, 1.807) is 41.8 Å². The SMILES string of the molecule is NC(=O)[C@H](NNC(=O)c1cccs1)c1ccccc1. The van der Waals surface area contributed by atoms with E-state index in [0.29, 0.717) is 10.4 Å². The monoisotopic (exact) mass is 275 g/mol. The van der Waals surface area contributed by atoms with Crippen LogP contribution in [0.4, 0.5) is 0 Å². The molecule has 1 atom stereocenters. The molecule has 6 heteroatoms. The highest BCUT2D eigenvalue weighted by molar-refractivity contribution is 7.12. The quantitative estimate of drug-likeness (QED) is 0.717. The van der Waals surface area contributed by atoms with Crippen molar-refractivity contribution in [1.82, 2.24) is 10.9 Å². The lowest BCUT2D eigenvalue weighted by molar-refractivity contribution is -0.120. The van der Waals surface area contributed by atoms with Gasteiger partial charge >= 0.3 is 0 Å². The molecule has 0 bridgehead atoms. The Bertz CT molecular complexity index is 555. The molecule has 19 heavy (non-hydrogen) atoms. The Morgan fingerprint density at radius 3 is 2.42 bits per heavy atom. The van der Waals surface area contributed by atoms with Gasteiger partial charge in [-0.15, -0.1) is 11.3 Å². The number of amides is 2. The van der Waals surface area contributed by atoms with Gasteiger partial charge in [0.05, 0.1) is 4.88 Å². The number of rotatable bonds is 5. The Morgan fingerprint density at radius 1 is 1.11 bits per heavy atom. The summed E-state index contributed by atoms with van der Waals surface area (Å²) in [7, 11) is 0. The summed E-state index contributed by atoms with van der Waals surface area (Å²) in [6.07, 6.45) is 0. The molecule has 1 heterocycles. The van der Waals surface area contributed by atoms with Gasteiger partial charge in [-0.2, -0.15) is 0 Å². The van der Waals surface area contributed by atoms with Gasteiger partial charge in [-0.3, -0.25) is 15.0 Å². The normalized spacial score (nSPS) is 11.8. The van der Waals surface area contributed by atoms with Crippen LogP contribution in [0.5, 0.6) is 0 Å². The highest BCUT2D eigenvalue weighted by Gasteiger charge is 2.18. The van der Waals surface area contributed by atoms with Gasteiger partial charge < -0.3 is 5.73 Å². The number of carbonyl (C=O) groups is 2. The van der Waals surface area contributed by atoms with Crippen molar-refractivity contribution in [3.05, 3.63) is 58.3 Å².